The predicted octanol–water partition coefficient (Wildman–Crippen LogP) is 0.473. The van der Waals surface area contributed by atoms with Crippen LogP contribution in [0.25, 0.3) is 11.6 Å². The first kappa shape index (κ1) is 14.7. The number of nitrogens with one attached hydrogen (secondary N) is 2. The van der Waals surface area contributed by atoms with Gasteiger partial charge in [0.2, 0.25) is 5.88 Å². The molecule has 0 amide bonds. The van der Waals surface area contributed by atoms with Gasteiger partial charge in [-0.15, -0.1) is 0 Å². The highest BCUT2D eigenvalue weighted by molar-refractivity contribution is 5.80. The van der Waals surface area contributed by atoms with Crippen LogP contribution in [0.1, 0.15) is 17.7 Å². The molecule has 0 fully saturated rings. The molecule has 3 heterocycles. The molecule has 0 aliphatic carbocycles. The van der Waals surface area contributed by atoms with Crippen LogP contribution >= 0.6 is 0 Å². The Hall–Kier alpha value is -2.86. The number of benzene rings is 1. The number of aromatic amines is 2. The number of nitrogens with zero attached hydrogens (tertiary/aromatic N) is 2. The van der Waals surface area contributed by atoms with E-state index in [1.807, 2.05) is 24.4 Å². The van der Waals surface area contributed by atoms with Crippen molar-refractivity contribution in [2.75, 3.05) is 20.1 Å². The molecule has 0 saturated heterocycles. The number of aromatic nitrogens is 2. The second-order valence-corrected chi connectivity index (χ2v) is 6.18. The van der Waals surface area contributed by atoms with Crippen LogP contribution in [0.15, 0.2) is 45.8 Å². The topological polar surface area (TPSA) is 84.5 Å². The fourth-order valence-corrected chi connectivity index (χ4v) is 3.11. The third kappa shape index (κ3) is 2.61. The molecule has 3 N–H and O–H groups in total. The van der Waals surface area contributed by atoms with Crippen LogP contribution < -0.4 is 16.3 Å². The van der Waals surface area contributed by atoms with Crippen molar-refractivity contribution in [1.29, 1.82) is 0 Å². The Bertz CT molecular complexity index is 1040. The Morgan fingerprint density at radius 1 is 1.33 bits per heavy atom. The van der Waals surface area contributed by atoms with Crippen molar-refractivity contribution in [1.82, 2.24) is 14.9 Å². The van der Waals surface area contributed by atoms with E-state index < -0.39 is 5.69 Å². The van der Waals surface area contributed by atoms with E-state index in [1.165, 1.54) is 11.1 Å². The lowest BCUT2D eigenvalue weighted by molar-refractivity contribution is 0.362. The lowest BCUT2D eigenvalue weighted by Gasteiger charge is -2.22. The summed E-state index contributed by atoms with van der Waals surface area (Å²) < 4.78 is 0. The molecule has 2 aliphatic heterocycles. The minimum absolute atomic E-state index is 0.154. The van der Waals surface area contributed by atoms with E-state index in [9.17, 15) is 9.90 Å². The van der Waals surface area contributed by atoms with Gasteiger partial charge in [-0.05, 0) is 42.5 Å². The monoisotopic (exact) mass is 322 g/mol. The molecule has 122 valence electrons. The summed E-state index contributed by atoms with van der Waals surface area (Å²) in [6.07, 6.45) is 6.94. The van der Waals surface area contributed by atoms with Crippen LogP contribution in [-0.4, -0.2) is 40.1 Å². The number of hydrogen-bond acceptors (Lipinski definition) is 4. The minimum atomic E-state index is -0.424. The second kappa shape index (κ2) is 5.65. The van der Waals surface area contributed by atoms with Crippen molar-refractivity contribution >= 4 is 11.6 Å². The second-order valence-electron chi connectivity index (χ2n) is 6.18. The molecule has 6 nitrogen and oxygen atoms in total. The number of aromatic hydroxyl groups is 1. The number of H-pyrrole nitrogens is 2. The van der Waals surface area contributed by atoms with Crippen molar-refractivity contribution in [2.24, 2.45) is 4.99 Å². The van der Waals surface area contributed by atoms with Crippen LogP contribution in [0.2, 0.25) is 0 Å². The molecule has 4 rings (SSSR count). The van der Waals surface area contributed by atoms with Gasteiger partial charge in [0.15, 0.2) is 0 Å². The van der Waals surface area contributed by atoms with Crippen molar-refractivity contribution in [2.45, 2.75) is 6.42 Å². The molecule has 1 aromatic heterocycles. The molecular weight excluding hydrogens is 304 g/mol. The summed E-state index contributed by atoms with van der Waals surface area (Å²) in [7, 11) is 2.12. The number of rotatable bonds is 2. The summed E-state index contributed by atoms with van der Waals surface area (Å²) >= 11 is 0. The minimum Gasteiger partial charge on any atom is -0.493 e. The van der Waals surface area contributed by atoms with Crippen molar-refractivity contribution < 1.29 is 5.11 Å². The molecule has 1 aromatic carbocycles. The van der Waals surface area contributed by atoms with E-state index in [0.29, 0.717) is 5.69 Å². The molecule has 2 aromatic rings. The van der Waals surface area contributed by atoms with E-state index in [1.54, 1.807) is 6.08 Å². The number of likely N-dealkylation sites (N-methyl/N-ethyl adjacent to an activating group) is 1. The van der Waals surface area contributed by atoms with E-state index in [4.69, 9.17) is 0 Å². The first-order valence-corrected chi connectivity index (χ1v) is 7.89. The lowest BCUT2D eigenvalue weighted by Crippen LogP contribution is -2.24. The zero-order chi connectivity index (χ0) is 16.7. The molecule has 24 heavy (non-hydrogen) atoms. The fourth-order valence-electron chi connectivity index (χ4n) is 3.11. The summed E-state index contributed by atoms with van der Waals surface area (Å²) in [5.74, 6) is -0.154. The van der Waals surface area contributed by atoms with E-state index in [-0.39, 0.29) is 5.88 Å². The Morgan fingerprint density at radius 3 is 2.92 bits per heavy atom. The van der Waals surface area contributed by atoms with Crippen molar-refractivity contribution in [3.8, 4) is 5.88 Å². The van der Waals surface area contributed by atoms with Gasteiger partial charge in [-0.2, -0.15) is 0 Å². The molecule has 0 radical (unpaired) electrons. The summed E-state index contributed by atoms with van der Waals surface area (Å²) in [6.45, 7) is 2.00. The normalized spacial score (nSPS) is 18.1. The van der Waals surface area contributed by atoms with Crippen LogP contribution in [0.5, 0.6) is 5.88 Å². The van der Waals surface area contributed by atoms with Crippen LogP contribution in [0.4, 0.5) is 0 Å². The Kier molecular flexibility index (Phi) is 3.46. The zero-order valence-electron chi connectivity index (χ0n) is 13.3. The number of hydrogen-bond donors (Lipinski definition) is 3. The summed E-state index contributed by atoms with van der Waals surface area (Å²) in [5, 5.41) is 11.6. The maximum absolute atomic E-state index is 11.2. The van der Waals surface area contributed by atoms with Gasteiger partial charge >= 0.3 is 5.69 Å². The molecular formula is C18H18N4O2. The number of imidazole rings is 1. The lowest BCUT2D eigenvalue weighted by atomic mass is 9.94. The molecule has 0 unspecified atom stereocenters. The van der Waals surface area contributed by atoms with Gasteiger partial charge in [0.25, 0.3) is 0 Å². The molecule has 0 spiro atoms. The van der Waals surface area contributed by atoms with Gasteiger partial charge in [0.05, 0.1) is 5.36 Å². The highest BCUT2D eigenvalue weighted by Gasteiger charge is 2.17. The maximum Gasteiger partial charge on any atom is 0.326 e. The SMILES string of the molecule is CN1CC=C(C2=CN=c3ccc(=Cc4[nH]c(=O)[nH]c4O)cc32)CC1. The van der Waals surface area contributed by atoms with Gasteiger partial charge in [0, 0.05) is 30.4 Å². The third-order valence-electron chi connectivity index (χ3n) is 4.45. The van der Waals surface area contributed by atoms with Gasteiger partial charge in [-0.1, -0.05) is 12.1 Å². The average molecular weight is 322 g/mol. The van der Waals surface area contributed by atoms with Gasteiger partial charge < -0.3 is 15.0 Å². The molecule has 6 heteroatoms. The Morgan fingerprint density at radius 2 is 2.21 bits per heavy atom. The molecule has 0 bridgehead atoms. The summed E-state index contributed by atoms with van der Waals surface area (Å²) in [6, 6.07) is 5.93. The van der Waals surface area contributed by atoms with Crippen molar-refractivity contribution in [3.63, 3.8) is 0 Å². The average Bonchev–Trinajstić information content (AvgIpc) is 3.11. The Labute approximate surface area is 138 Å². The highest BCUT2D eigenvalue weighted by atomic mass is 16.3. The third-order valence-corrected chi connectivity index (χ3v) is 4.45. The first-order valence-electron chi connectivity index (χ1n) is 7.89. The van der Waals surface area contributed by atoms with Gasteiger partial charge in [0.1, 0.15) is 5.69 Å². The zero-order valence-corrected chi connectivity index (χ0v) is 13.3. The van der Waals surface area contributed by atoms with Gasteiger partial charge in [-0.25, -0.2) is 4.79 Å². The molecule has 2 aliphatic rings. The number of fused-ring (bicyclic) bond motifs is 1. The van der Waals surface area contributed by atoms with Gasteiger partial charge in [-0.3, -0.25) is 9.98 Å². The molecule has 0 atom stereocenters. The quantitative estimate of drug-likeness (QED) is 0.751. The first-order chi connectivity index (χ1) is 11.6. The molecule has 0 saturated carbocycles. The van der Waals surface area contributed by atoms with E-state index in [2.05, 4.69) is 33.0 Å². The maximum atomic E-state index is 11.2. The van der Waals surface area contributed by atoms with Crippen LogP contribution in [-0.2, 0) is 0 Å². The summed E-state index contributed by atoms with van der Waals surface area (Å²) in [5.41, 5.74) is 3.54. The van der Waals surface area contributed by atoms with Crippen molar-refractivity contribution in [3.05, 3.63) is 68.4 Å². The predicted molar refractivity (Wildman–Crippen MR) is 92.0 cm³/mol. The van der Waals surface area contributed by atoms with E-state index in [0.717, 1.165) is 35.6 Å². The smallest absolute Gasteiger partial charge is 0.326 e. The Balaban J connectivity index is 1.75. The fraction of sp³-hybridized carbons (Fsp3) is 0.222. The standard InChI is InChI=1S/C18H18N4O2/c1-22-6-4-12(5-7-22)14-10-19-15-3-2-11(8-13(14)15)9-16-17(23)21-18(24)20-16/h2-4,8-10,23H,5-7H2,1H3,(H2,20,21,24). The van der Waals surface area contributed by atoms with Crippen LogP contribution in [0, 0.1) is 0 Å². The number of allylic oxidation sites excluding steroid dienone is 1. The summed E-state index contributed by atoms with van der Waals surface area (Å²) in [4.78, 5) is 22.9. The largest absolute Gasteiger partial charge is 0.493 e. The van der Waals surface area contributed by atoms with E-state index >= 15 is 0 Å². The highest BCUT2D eigenvalue weighted by Crippen LogP contribution is 2.27. The van der Waals surface area contributed by atoms with Crippen LogP contribution in [0.3, 0.4) is 0 Å².